The second-order valence-corrected chi connectivity index (χ2v) is 4.14. The molecule has 0 bridgehead atoms. The molecule has 0 spiro atoms. The van der Waals surface area contributed by atoms with Gasteiger partial charge in [0.2, 0.25) is 0 Å². The summed E-state index contributed by atoms with van der Waals surface area (Å²) in [7, 11) is 0. The SMILES string of the molecule is CC1(C)C(CCO)C1CC(=O)O. The minimum atomic E-state index is -0.728. The van der Waals surface area contributed by atoms with E-state index < -0.39 is 5.97 Å². The minimum absolute atomic E-state index is 0.126. The zero-order valence-electron chi connectivity index (χ0n) is 7.58. The average molecular weight is 172 g/mol. The number of aliphatic hydroxyl groups is 1. The average Bonchev–Trinajstić information content (AvgIpc) is 2.39. The number of aliphatic carboxylic acids is 1. The van der Waals surface area contributed by atoms with Gasteiger partial charge < -0.3 is 10.2 Å². The van der Waals surface area contributed by atoms with E-state index in [2.05, 4.69) is 13.8 Å². The highest BCUT2D eigenvalue weighted by atomic mass is 16.4. The lowest BCUT2D eigenvalue weighted by atomic mass is 10.1. The van der Waals surface area contributed by atoms with Gasteiger partial charge >= 0.3 is 5.97 Å². The number of carboxylic acids is 1. The van der Waals surface area contributed by atoms with Crippen molar-refractivity contribution in [1.82, 2.24) is 0 Å². The van der Waals surface area contributed by atoms with Gasteiger partial charge in [0.1, 0.15) is 0 Å². The third-order valence-electron chi connectivity index (χ3n) is 3.12. The topological polar surface area (TPSA) is 57.5 Å². The molecule has 1 aliphatic rings. The van der Waals surface area contributed by atoms with E-state index in [1.165, 1.54) is 0 Å². The smallest absolute Gasteiger partial charge is 0.303 e. The van der Waals surface area contributed by atoms with Crippen LogP contribution in [0.5, 0.6) is 0 Å². The summed E-state index contributed by atoms with van der Waals surface area (Å²) in [5, 5.41) is 17.3. The Kier molecular flexibility index (Phi) is 2.42. The molecule has 0 saturated heterocycles. The van der Waals surface area contributed by atoms with Crippen LogP contribution in [-0.2, 0) is 4.79 Å². The van der Waals surface area contributed by atoms with Crippen LogP contribution in [0.2, 0.25) is 0 Å². The maximum absolute atomic E-state index is 10.4. The van der Waals surface area contributed by atoms with Crippen molar-refractivity contribution in [3.05, 3.63) is 0 Å². The Bertz CT molecular complexity index is 186. The number of rotatable bonds is 4. The van der Waals surface area contributed by atoms with Gasteiger partial charge in [-0.1, -0.05) is 13.8 Å². The van der Waals surface area contributed by atoms with Crippen molar-refractivity contribution in [2.45, 2.75) is 26.7 Å². The first kappa shape index (κ1) is 9.52. The van der Waals surface area contributed by atoms with Gasteiger partial charge in [0.25, 0.3) is 0 Å². The lowest BCUT2D eigenvalue weighted by molar-refractivity contribution is -0.137. The van der Waals surface area contributed by atoms with E-state index in [0.717, 1.165) is 6.42 Å². The van der Waals surface area contributed by atoms with Crippen LogP contribution in [0.3, 0.4) is 0 Å². The van der Waals surface area contributed by atoms with E-state index in [1.807, 2.05) is 0 Å². The van der Waals surface area contributed by atoms with Crippen LogP contribution in [0.1, 0.15) is 26.7 Å². The van der Waals surface area contributed by atoms with Crippen LogP contribution in [0.25, 0.3) is 0 Å². The molecule has 0 aliphatic heterocycles. The van der Waals surface area contributed by atoms with Gasteiger partial charge in [-0.2, -0.15) is 0 Å². The lowest BCUT2D eigenvalue weighted by Gasteiger charge is -1.99. The largest absolute Gasteiger partial charge is 0.481 e. The molecule has 12 heavy (non-hydrogen) atoms. The van der Waals surface area contributed by atoms with Crippen molar-refractivity contribution in [2.24, 2.45) is 17.3 Å². The molecule has 3 heteroatoms. The minimum Gasteiger partial charge on any atom is -0.481 e. The Morgan fingerprint density at radius 3 is 2.42 bits per heavy atom. The third kappa shape index (κ3) is 1.61. The number of aliphatic hydroxyl groups excluding tert-OH is 1. The van der Waals surface area contributed by atoms with E-state index >= 15 is 0 Å². The van der Waals surface area contributed by atoms with Gasteiger partial charge in [-0.05, 0) is 23.7 Å². The number of hydrogen-bond acceptors (Lipinski definition) is 2. The maximum Gasteiger partial charge on any atom is 0.303 e. The summed E-state index contributed by atoms with van der Waals surface area (Å²) in [6.45, 7) is 4.31. The zero-order valence-corrected chi connectivity index (χ0v) is 7.58. The van der Waals surface area contributed by atoms with Gasteiger partial charge in [-0.3, -0.25) is 4.79 Å². The molecule has 2 unspecified atom stereocenters. The Morgan fingerprint density at radius 2 is 2.00 bits per heavy atom. The van der Waals surface area contributed by atoms with Crippen molar-refractivity contribution in [2.75, 3.05) is 6.61 Å². The number of carbonyl (C=O) groups is 1. The summed E-state index contributed by atoms with van der Waals surface area (Å²) in [4.78, 5) is 10.4. The highest BCUT2D eigenvalue weighted by molar-refractivity contribution is 5.67. The molecule has 70 valence electrons. The summed E-state index contributed by atoms with van der Waals surface area (Å²) in [6.07, 6.45) is 0.989. The fraction of sp³-hybridized carbons (Fsp3) is 0.889. The van der Waals surface area contributed by atoms with Gasteiger partial charge in [0.05, 0.1) is 0 Å². The normalized spacial score (nSPS) is 31.6. The zero-order chi connectivity index (χ0) is 9.35. The summed E-state index contributed by atoms with van der Waals surface area (Å²) in [5.74, 6) is -0.0609. The first-order valence-corrected chi connectivity index (χ1v) is 4.32. The monoisotopic (exact) mass is 172 g/mol. The number of hydrogen-bond donors (Lipinski definition) is 2. The van der Waals surface area contributed by atoms with Gasteiger partial charge in [0, 0.05) is 13.0 Å². The van der Waals surface area contributed by atoms with Crippen molar-refractivity contribution in [1.29, 1.82) is 0 Å². The van der Waals surface area contributed by atoms with E-state index in [-0.39, 0.29) is 24.4 Å². The van der Waals surface area contributed by atoms with E-state index in [1.54, 1.807) is 0 Å². The van der Waals surface area contributed by atoms with Crippen molar-refractivity contribution < 1.29 is 15.0 Å². The third-order valence-corrected chi connectivity index (χ3v) is 3.12. The van der Waals surface area contributed by atoms with Crippen LogP contribution in [0.4, 0.5) is 0 Å². The Labute approximate surface area is 72.4 Å². The fourth-order valence-electron chi connectivity index (χ4n) is 2.16. The predicted molar refractivity (Wildman–Crippen MR) is 44.7 cm³/mol. The van der Waals surface area contributed by atoms with Crippen LogP contribution in [0.15, 0.2) is 0 Å². The predicted octanol–water partition coefficient (Wildman–Crippen LogP) is 1.12. The Balaban J connectivity index is 2.43. The first-order chi connectivity index (χ1) is 5.50. The molecular formula is C9H16O3. The number of carboxylic acid groups (broad SMARTS) is 1. The molecule has 0 aromatic rings. The summed E-state index contributed by atoms with van der Waals surface area (Å²) >= 11 is 0. The summed E-state index contributed by atoms with van der Waals surface area (Å²) < 4.78 is 0. The molecule has 0 heterocycles. The molecule has 0 radical (unpaired) electrons. The van der Waals surface area contributed by atoms with E-state index in [9.17, 15) is 4.79 Å². The first-order valence-electron chi connectivity index (χ1n) is 4.32. The highest BCUT2D eigenvalue weighted by Crippen LogP contribution is 2.61. The maximum atomic E-state index is 10.4. The van der Waals surface area contributed by atoms with Crippen LogP contribution >= 0.6 is 0 Å². The summed E-state index contributed by atoms with van der Waals surface area (Å²) in [5.41, 5.74) is 0.126. The van der Waals surface area contributed by atoms with Crippen molar-refractivity contribution >= 4 is 5.97 Å². The van der Waals surface area contributed by atoms with Crippen LogP contribution in [-0.4, -0.2) is 22.8 Å². The highest BCUT2D eigenvalue weighted by Gasteiger charge is 2.57. The molecule has 0 amide bonds. The molecule has 2 atom stereocenters. The molecule has 0 aromatic heterocycles. The summed E-state index contributed by atoms with van der Waals surface area (Å²) in [6, 6.07) is 0. The van der Waals surface area contributed by atoms with Gasteiger partial charge in [0.15, 0.2) is 0 Å². The standard InChI is InChI=1S/C9H16O3/c1-9(2)6(3-4-10)7(9)5-8(11)12/h6-7,10H,3-5H2,1-2H3,(H,11,12). The van der Waals surface area contributed by atoms with Crippen LogP contribution < -0.4 is 0 Å². The van der Waals surface area contributed by atoms with Crippen molar-refractivity contribution in [3.63, 3.8) is 0 Å². The molecule has 1 rings (SSSR count). The van der Waals surface area contributed by atoms with Gasteiger partial charge in [-0.15, -0.1) is 0 Å². The molecular weight excluding hydrogens is 156 g/mol. The molecule has 1 fully saturated rings. The molecule has 1 saturated carbocycles. The van der Waals surface area contributed by atoms with Crippen LogP contribution in [0, 0.1) is 17.3 Å². The quantitative estimate of drug-likeness (QED) is 0.668. The molecule has 2 N–H and O–H groups in total. The molecule has 0 aromatic carbocycles. The lowest BCUT2D eigenvalue weighted by Crippen LogP contribution is -1.99. The van der Waals surface area contributed by atoms with E-state index in [4.69, 9.17) is 10.2 Å². The Hall–Kier alpha value is -0.570. The molecule has 1 aliphatic carbocycles. The van der Waals surface area contributed by atoms with E-state index in [0.29, 0.717) is 5.92 Å². The second kappa shape index (κ2) is 3.05. The Morgan fingerprint density at radius 1 is 1.42 bits per heavy atom. The second-order valence-electron chi connectivity index (χ2n) is 4.14. The fourth-order valence-corrected chi connectivity index (χ4v) is 2.16. The van der Waals surface area contributed by atoms with Gasteiger partial charge in [-0.25, -0.2) is 0 Å². The molecule has 3 nitrogen and oxygen atoms in total. The van der Waals surface area contributed by atoms with Crippen molar-refractivity contribution in [3.8, 4) is 0 Å².